The molecule has 3 rings (SSSR count). The summed E-state index contributed by atoms with van der Waals surface area (Å²) in [6.07, 6.45) is 4.89. The Balaban J connectivity index is 1.83. The predicted molar refractivity (Wildman–Crippen MR) is 78.5 cm³/mol. The van der Waals surface area contributed by atoms with E-state index in [2.05, 4.69) is 9.97 Å². The van der Waals surface area contributed by atoms with Crippen LogP contribution in [0.25, 0.3) is 0 Å². The second-order valence-electron chi connectivity index (χ2n) is 5.19. The van der Waals surface area contributed by atoms with Gasteiger partial charge in [0.05, 0.1) is 6.04 Å². The SMILES string of the molecule is CO[C@@H](C(=O)N1CCC[C@H]1c1ncc[nH]1)c1ccccc1. The summed E-state index contributed by atoms with van der Waals surface area (Å²) in [5.41, 5.74) is 0.884. The van der Waals surface area contributed by atoms with E-state index in [0.717, 1.165) is 30.8 Å². The molecule has 5 nitrogen and oxygen atoms in total. The number of imidazole rings is 1. The molecule has 1 aliphatic heterocycles. The van der Waals surface area contributed by atoms with Crippen molar-refractivity contribution in [3.05, 3.63) is 54.1 Å². The van der Waals surface area contributed by atoms with Crippen molar-refractivity contribution in [2.24, 2.45) is 0 Å². The molecular formula is C16H19N3O2. The number of hydrogen-bond donors (Lipinski definition) is 1. The first-order chi connectivity index (χ1) is 10.3. The molecule has 5 heteroatoms. The lowest BCUT2D eigenvalue weighted by atomic mass is 10.1. The Morgan fingerprint density at radius 2 is 2.24 bits per heavy atom. The van der Waals surface area contributed by atoms with Crippen molar-refractivity contribution in [1.29, 1.82) is 0 Å². The largest absolute Gasteiger partial charge is 0.367 e. The number of likely N-dealkylation sites (tertiary alicyclic amines) is 1. The summed E-state index contributed by atoms with van der Waals surface area (Å²) in [4.78, 5) is 22.1. The Kier molecular flexibility index (Phi) is 4.01. The standard InChI is InChI=1S/C16H19N3O2/c1-21-14(12-6-3-2-4-7-12)16(20)19-11-5-8-13(19)15-17-9-10-18-15/h2-4,6-7,9-10,13-14H,5,8,11H2,1H3,(H,17,18)/t13-,14+/m0/s1. The number of aromatic nitrogens is 2. The van der Waals surface area contributed by atoms with Crippen LogP contribution >= 0.6 is 0 Å². The third kappa shape index (κ3) is 2.69. The normalized spacial score (nSPS) is 19.7. The van der Waals surface area contributed by atoms with Gasteiger partial charge < -0.3 is 14.6 Å². The van der Waals surface area contributed by atoms with Crippen LogP contribution in [0.4, 0.5) is 0 Å². The Hall–Kier alpha value is -2.14. The van der Waals surface area contributed by atoms with Gasteiger partial charge in [-0.15, -0.1) is 0 Å². The minimum Gasteiger partial charge on any atom is -0.367 e. The molecule has 21 heavy (non-hydrogen) atoms. The van der Waals surface area contributed by atoms with Gasteiger partial charge in [-0.2, -0.15) is 0 Å². The average molecular weight is 285 g/mol. The molecule has 1 saturated heterocycles. The zero-order valence-electron chi connectivity index (χ0n) is 12.0. The molecule has 1 N–H and O–H groups in total. The van der Waals surface area contributed by atoms with Gasteiger partial charge in [-0.05, 0) is 18.4 Å². The van der Waals surface area contributed by atoms with E-state index in [4.69, 9.17) is 4.74 Å². The van der Waals surface area contributed by atoms with Crippen molar-refractivity contribution in [1.82, 2.24) is 14.9 Å². The summed E-state index contributed by atoms with van der Waals surface area (Å²) in [5.74, 6) is 0.853. The molecule has 0 aliphatic carbocycles. The van der Waals surface area contributed by atoms with Crippen LogP contribution in [0.5, 0.6) is 0 Å². The molecule has 1 aromatic heterocycles. The molecule has 1 fully saturated rings. The van der Waals surface area contributed by atoms with Gasteiger partial charge in [0.2, 0.25) is 0 Å². The second kappa shape index (κ2) is 6.10. The molecule has 0 radical (unpaired) electrons. The number of aromatic amines is 1. The third-order valence-corrected chi connectivity index (χ3v) is 3.93. The maximum absolute atomic E-state index is 12.8. The van der Waals surface area contributed by atoms with Gasteiger partial charge in [-0.1, -0.05) is 30.3 Å². The summed E-state index contributed by atoms with van der Waals surface area (Å²) >= 11 is 0. The van der Waals surface area contributed by atoms with Crippen LogP contribution in [-0.4, -0.2) is 34.4 Å². The van der Waals surface area contributed by atoms with Crippen LogP contribution < -0.4 is 0 Å². The van der Waals surface area contributed by atoms with E-state index in [1.54, 1.807) is 19.5 Å². The average Bonchev–Trinajstić information content (AvgIpc) is 3.20. The molecule has 110 valence electrons. The zero-order valence-corrected chi connectivity index (χ0v) is 12.0. The molecule has 1 amide bonds. The fourth-order valence-corrected chi connectivity index (χ4v) is 2.93. The topological polar surface area (TPSA) is 58.2 Å². The van der Waals surface area contributed by atoms with E-state index in [0.29, 0.717) is 0 Å². The van der Waals surface area contributed by atoms with E-state index in [-0.39, 0.29) is 11.9 Å². The van der Waals surface area contributed by atoms with Gasteiger partial charge in [-0.25, -0.2) is 4.98 Å². The van der Waals surface area contributed by atoms with E-state index < -0.39 is 6.10 Å². The monoisotopic (exact) mass is 285 g/mol. The molecule has 2 heterocycles. The number of methoxy groups -OCH3 is 1. The first-order valence-electron chi connectivity index (χ1n) is 7.18. The zero-order chi connectivity index (χ0) is 14.7. The molecule has 2 aromatic rings. The molecule has 0 unspecified atom stereocenters. The van der Waals surface area contributed by atoms with Crippen LogP contribution in [-0.2, 0) is 9.53 Å². The van der Waals surface area contributed by atoms with Crippen molar-refractivity contribution < 1.29 is 9.53 Å². The quantitative estimate of drug-likeness (QED) is 0.938. The van der Waals surface area contributed by atoms with Gasteiger partial charge in [0.1, 0.15) is 5.82 Å². The number of H-pyrrole nitrogens is 1. The van der Waals surface area contributed by atoms with Gasteiger partial charge >= 0.3 is 0 Å². The number of rotatable bonds is 4. The first-order valence-corrected chi connectivity index (χ1v) is 7.18. The molecule has 1 aliphatic rings. The summed E-state index contributed by atoms with van der Waals surface area (Å²) < 4.78 is 5.45. The van der Waals surface area contributed by atoms with Crippen LogP contribution in [0.3, 0.4) is 0 Å². The number of hydrogen-bond acceptors (Lipinski definition) is 3. The maximum Gasteiger partial charge on any atom is 0.256 e. The van der Waals surface area contributed by atoms with Crippen molar-refractivity contribution in [3.63, 3.8) is 0 Å². The Morgan fingerprint density at radius 3 is 2.90 bits per heavy atom. The molecule has 0 spiro atoms. The molecule has 0 bridgehead atoms. The highest BCUT2D eigenvalue weighted by Gasteiger charge is 2.35. The Morgan fingerprint density at radius 1 is 1.43 bits per heavy atom. The van der Waals surface area contributed by atoms with Gasteiger partial charge in [0.25, 0.3) is 5.91 Å². The lowest BCUT2D eigenvalue weighted by Gasteiger charge is -2.27. The summed E-state index contributed by atoms with van der Waals surface area (Å²) in [6.45, 7) is 0.747. The summed E-state index contributed by atoms with van der Waals surface area (Å²) in [7, 11) is 1.58. The highest BCUT2D eigenvalue weighted by Crippen LogP contribution is 2.33. The van der Waals surface area contributed by atoms with Crippen molar-refractivity contribution in [2.75, 3.05) is 13.7 Å². The number of nitrogens with one attached hydrogen (secondary N) is 1. The lowest BCUT2D eigenvalue weighted by Crippen LogP contribution is -2.35. The van der Waals surface area contributed by atoms with Crippen LogP contribution in [0, 0.1) is 0 Å². The van der Waals surface area contributed by atoms with Crippen molar-refractivity contribution in [3.8, 4) is 0 Å². The molecule has 0 saturated carbocycles. The predicted octanol–water partition coefficient (Wildman–Crippen LogP) is 2.46. The number of nitrogens with zero attached hydrogens (tertiary/aromatic N) is 2. The highest BCUT2D eigenvalue weighted by molar-refractivity contribution is 5.83. The smallest absolute Gasteiger partial charge is 0.256 e. The molecule has 1 aromatic carbocycles. The number of carbonyl (C=O) groups is 1. The number of ether oxygens (including phenoxy) is 1. The number of carbonyl (C=O) groups excluding carboxylic acids is 1. The first kappa shape index (κ1) is 13.8. The Bertz CT molecular complexity index is 583. The highest BCUT2D eigenvalue weighted by atomic mass is 16.5. The lowest BCUT2D eigenvalue weighted by molar-refractivity contribution is -0.143. The number of benzene rings is 1. The van der Waals surface area contributed by atoms with Crippen LogP contribution in [0.2, 0.25) is 0 Å². The summed E-state index contributed by atoms with van der Waals surface area (Å²) in [5, 5.41) is 0. The van der Waals surface area contributed by atoms with Gasteiger partial charge in [0, 0.05) is 26.0 Å². The maximum atomic E-state index is 12.8. The Labute approximate surface area is 124 Å². The minimum absolute atomic E-state index is 0.00241. The second-order valence-corrected chi connectivity index (χ2v) is 5.19. The van der Waals surface area contributed by atoms with E-state index >= 15 is 0 Å². The van der Waals surface area contributed by atoms with Crippen LogP contribution in [0.1, 0.15) is 36.4 Å². The van der Waals surface area contributed by atoms with Gasteiger partial charge in [0.15, 0.2) is 6.10 Å². The van der Waals surface area contributed by atoms with E-state index in [9.17, 15) is 4.79 Å². The molecular weight excluding hydrogens is 266 g/mol. The van der Waals surface area contributed by atoms with Crippen LogP contribution in [0.15, 0.2) is 42.7 Å². The third-order valence-electron chi connectivity index (χ3n) is 3.93. The fraction of sp³-hybridized carbons (Fsp3) is 0.375. The van der Waals surface area contributed by atoms with Crippen molar-refractivity contribution >= 4 is 5.91 Å². The van der Waals surface area contributed by atoms with E-state index in [1.807, 2.05) is 35.2 Å². The fourth-order valence-electron chi connectivity index (χ4n) is 2.93. The van der Waals surface area contributed by atoms with Crippen molar-refractivity contribution in [2.45, 2.75) is 25.0 Å². The minimum atomic E-state index is -0.554. The number of amides is 1. The van der Waals surface area contributed by atoms with E-state index in [1.165, 1.54) is 0 Å². The molecule has 2 atom stereocenters. The summed E-state index contributed by atoms with van der Waals surface area (Å²) in [6, 6.07) is 9.63. The van der Waals surface area contributed by atoms with Gasteiger partial charge in [-0.3, -0.25) is 4.79 Å².